The number of nitrogens with zero attached hydrogens (tertiary/aromatic N) is 4. The van der Waals surface area contributed by atoms with Crippen LogP contribution in [0.4, 0.5) is 0 Å². The number of rotatable bonds is 5. The first-order valence-electron chi connectivity index (χ1n) is 12.0. The normalized spacial score (nSPS) is 13.1. The number of aromatic nitrogens is 4. The molecule has 0 unspecified atom stereocenters. The fourth-order valence-corrected chi connectivity index (χ4v) is 5.11. The Morgan fingerprint density at radius 1 is 0.943 bits per heavy atom. The van der Waals surface area contributed by atoms with E-state index in [2.05, 4.69) is 32.0 Å². The van der Waals surface area contributed by atoms with Crippen LogP contribution < -0.4 is 11.2 Å². The minimum Gasteiger partial charge on any atom is -0.372 e. The molecule has 0 bridgehead atoms. The topological polar surface area (TPSA) is 71.0 Å². The highest BCUT2D eigenvalue weighted by Gasteiger charge is 2.28. The molecule has 4 aromatic rings. The summed E-state index contributed by atoms with van der Waals surface area (Å²) >= 11 is 0. The van der Waals surface area contributed by atoms with Crippen LogP contribution in [-0.4, -0.2) is 18.9 Å². The number of aryl methyl sites for hydroxylation is 1. The van der Waals surface area contributed by atoms with Gasteiger partial charge in [-0.05, 0) is 42.5 Å². The third-order valence-electron chi connectivity index (χ3n) is 6.60. The van der Waals surface area contributed by atoms with Crippen molar-refractivity contribution in [2.24, 2.45) is 7.05 Å². The molecule has 0 saturated carbocycles. The number of ether oxygens (including phenoxy) is 1. The molecule has 0 saturated heterocycles. The Kier molecular flexibility index (Phi) is 5.81. The zero-order valence-electron chi connectivity index (χ0n) is 20.8. The Morgan fingerprint density at radius 2 is 1.66 bits per heavy atom. The first-order valence-corrected chi connectivity index (χ1v) is 12.0. The van der Waals surface area contributed by atoms with E-state index in [0.717, 1.165) is 39.2 Å². The van der Waals surface area contributed by atoms with Gasteiger partial charge in [-0.15, -0.1) is 0 Å². The van der Waals surface area contributed by atoms with E-state index in [-0.39, 0.29) is 23.2 Å². The third kappa shape index (κ3) is 3.86. The van der Waals surface area contributed by atoms with Crippen molar-refractivity contribution in [1.82, 2.24) is 18.9 Å². The quantitative estimate of drug-likeness (QED) is 0.420. The molecule has 7 nitrogen and oxygen atoms in total. The summed E-state index contributed by atoms with van der Waals surface area (Å²) in [6.07, 6.45) is 3.62. The lowest BCUT2D eigenvalue weighted by molar-refractivity contribution is 0.134. The lowest BCUT2D eigenvalue weighted by Gasteiger charge is -2.21. The Morgan fingerprint density at radius 3 is 2.34 bits per heavy atom. The molecule has 1 aliphatic rings. The van der Waals surface area contributed by atoms with Gasteiger partial charge < -0.3 is 4.74 Å². The lowest BCUT2D eigenvalue weighted by Crippen LogP contribution is -2.39. The van der Waals surface area contributed by atoms with Gasteiger partial charge in [0.15, 0.2) is 0 Å². The van der Waals surface area contributed by atoms with Gasteiger partial charge >= 0.3 is 5.69 Å². The van der Waals surface area contributed by atoms with Crippen molar-refractivity contribution in [2.45, 2.75) is 52.9 Å². The van der Waals surface area contributed by atoms with Crippen molar-refractivity contribution >= 4 is 0 Å². The summed E-state index contributed by atoms with van der Waals surface area (Å²) in [5.74, 6) is 0.236. The standard InChI is InChI=1S/C28H30N4O3/c1-17(2)26-20(21-14-30(5)29-27(21)19-9-7-6-8-10-19)13-24(22-15-35-16-23(22)26)31-12-11-25(33)32(18(3)4)28(31)34/h6-14,17-18H,15-16H2,1-5H3. The second-order valence-corrected chi connectivity index (χ2v) is 9.66. The molecule has 180 valence electrons. The summed E-state index contributed by atoms with van der Waals surface area (Å²) in [5, 5.41) is 4.79. The van der Waals surface area contributed by atoms with Gasteiger partial charge in [0.25, 0.3) is 5.56 Å². The largest absolute Gasteiger partial charge is 0.372 e. The van der Waals surface area contributed by atoms with Crippen LogP contribution in [0.5, 0.6) is 0 Å². The molecule has 3 heterocycles. The van der Waals surface area contributed by atoms with E-state index in [4.69, 9.17) is 9.84 Å². The average Bonchev–Trinajstić information content (AvgIpc) is 3.45. The van der Waals surface area contributed by atoms with E-state index in [1.54, 1.807) is 10.8 Å². The Bertz CT molecular complexity index is 1520. The van der Waals surface area contributed by atoms with Crippen molar-refractivity contribution in [3.63, 3.8) is 0 Å². The summed E-state index contributed by atoms with van der Waals surface area (Å²) in [6.45, 7) is 8.97. The van der Waals surface area contributed by atoms with Crippen molar-refractivity contribution in [3.05, 3.63) is 92.4 Å². The molecule has 2 aromatic heterocycles. The molecule has 0 amide bonds. The van der Waals surface area contributed by atoms with Gasteiger partial charge in [-0.1, -0.05) is 44.2 Å². The van der Waals surface area contributed by atoms with E-state index in [1.807, 2.05) is 50.0 Å². The zero-order valence-corrected chi connectivity index (χ0v) is 20.8. The molecule has 0 spiro atoms. The maximum absolute atomic E-state index is 13.5. The lowest BCUT2D eigenvalue weighted by atomic mass is 9.85. The molecule has 7 heteroatoms. The fourth-order valence-electron chi connectivity index (χ4n) is 5.11. The summed E-state index contributed by atoms with van der Waals surface area (Å²) in [6, 6.07) is 13.4. The van der Waals surface area contributed by atoms with Crippen molar-refractivity contribution in [1.29, 1.82) is 0 Å². The molecule has 0 fully saturated rings. The van der Waals surface area contributed by atoms with Crippen LogP contribution in [0.3, 0.4) is 0 Å². The molecular weight excluding hydrogens is 440 g/mol. The highest BCUT2D eigenvalue weighted by molar-refractivity contribution is 5.84. The van der Waals surface area contributed by atoms with Gasteiger partial charge in [0.2, 0.25) is 0 Å². The second-order valence-electron chi connectivity index (χ2n) is 9.66. The molecule has 2 aromatic carbocycles. The Hall–Kier alpha value is -3.71. The first kappa shape index (κ1) is 23.1. The molecule has 0 atom stereocenters. The zero-order chi connectivity index (χ0) is 24.9. The van der Waals surface area contributed by atoms with Gasteiger partial charge in [-0.3, -0.25) is 18.6 Å². The monoisotopic (exact) mass is 470 g/mol. The fraction of sp³-hybridized carbons (Fsp3) is 0.321. The molecule has 5 rings (SSSR count). The number of benzene rings is 2. The van der Waals surface area contributed by atoms with Crippen LogP contribution in [0.25, 0.3) is 28.1 Å². The summed E-state index contributed by atoms with van der Waals surface area (Å²) in [7, 11) is 1.92. The average molecular weight is 471 g/mol. The molecule has 0 N–H and O–H groups in total. The number of fused-ring (bicyclic) bond motifs is 1. The van der Waals surface area contributed by atoms with Gasteiger partial charge in [0.1, 0.15) is 5.69 Å². The van der Waals surface area contributed by atoms with Crippen LogP contribution in [-0.2, 0) is 25.0 Å². The highest BCUT2D eigenvalue weighted by atomic mass is 16.5. The van der Waals surface area contributed by atoms with Crippen molar-refractivity contribution in [2.75, 3.05) is 0 Å². The molecular formula is C28H30N4O3. The molecule has 35 heavy (non-hydrogen) atoms. The number of hydrogen-bond donors (Lipinski definition) is 0. The summed E-state index contributed by atoms with van der Waals surface area (Å²) in [5.41, 5.74) is 7.37. The first-order chi connectivity index (χ1) is 16.8. The van der Waals surface area contributed by atoms with Crippen LogP contribution in [0.15, 0.2) is 64.4 Å². The van der Waals surface area contributed by atoms with Gasteiger partial charge in [-0.25, -0.2) is 4.79 Å². The van der Waals surface area contributed by atoms with E-state index >= 15 is 0 Å². The minimum absolute atomic E-state index is 0.236. The molecule has 0 aliphatic carbocycles. The molecule has 0 radical (unpaired) electrons. The van der Waals surface area contributed by atoms with Crippen LogP contribution in [0.2, 0.25) is 0 Å². The van der Waals surface area contributed by atoms with E-state index < -0.39 is 0 Å². The van der Waals surface area contributed by atoms with E-state index in [1.165, 1.54) is 16.2 Å². The van der Waals surface area contributed by atoms with Crippen molar-refractivity contribution < 1.29 is 4.74 Å². The van der Waals surface area contributed by atoms with Crippen LogP contribution in [0.1, 0.15) is 56.3 Å². The second kappa shape index (κ2) is 8.82. The van der Waals surface area contributed by atoms with Gasteiger partial charge in [0, 0.05) is 48.2 Å². The minimum atomic E-state index is -0.348. The van der Waals surface area contributed by atoms with Crippen LogP contribution >= 0.6 is 0 Å². The van der Waals surface area contributed by atoms with Crippen molar-refractivity contribution in [3.8, 4) is 28.1 Å². The summed E-state index contributed by atoms with van der Waals surface area (Å²) < 4.78 is 10.6. The summed E-state index contributed by atoms with van der Waals surface area (Å²) in [4.78, 5) is 25.9. The smallest absolute Gasteiger partial charge is 0.335 e. The Balaban J connectivity index is 1.85. The predicted octanol–water partition coefficient (Wildman–Crippen LogP) is 4.80. The maximum atomic E-state index is 13.5. The van der Waals surface area contributed by atoms with E-state index in [0.29, 0.717) is 13.2 Å². The Labute approximate surface area is 204 Å². The van der Waals surface area contributed by atoms with Crippen LogP contribution in [0, 0.1) is 0 Å². The number of hydrogen-bond acceptors (Lipinski definition) is 4. The molecule has 1 aliphatic heterocycles. The third-order valence-corrected chi connectivity index (χ3v) is 6.60. The SMILES string of the molecule is CC(C)c1c(-c2cn(C)nc2-c2ccccc2)cc(-n2ccc(=O)n(C(C)C)c2=O)c2c1COC2. The maximum Gasteiger partial charge on any atom is 0.335 e. The predicted molar refractivity (Wildman–Crippen MR) is 137 cm³/mol. The van der Waals surface area contributed by atoms with Gasteiger partial charge in [0.05, 0.1) is 18.9 Å². The van der Waals surface area contributed by atoms with Gasteiger partial charge in [-0.2, -0.15) is 5.10 Å². The van der Waals surface area contributed by atoms with E-state index in [9.17, 15) is 9.59 Å². The highest BCUT2D eigenvalue weighted by Crippen LogP contribution is 2.42.